The predicted molar refractivity (Wildman–Crippen MR) is 63.7 cm³/mol. The van der Waals surface area contributed by atoms with Gasteiger partial charge in [0.2, 0.25) is 5.91 Å². The molecule has 0 aliphatic rings. The van der Waals surface area contributed by atoms with Crippen LogP contribution in [0.4, 0.5) is 5.69 Å². The Bertz CT molecular complexity index is 335. The van der Waals surface area contributed by atoms with Crippen molar-refractivity contribution in [1.82, 2.24) is 0 Å². The van der Waals surface area contributed by atoms with Crippen LogP contribution in [0.5, 0.6) is 0 Å². The minimum absolute atomic E-state index is 0.0369. The minimum atomic E-state index is 0.0369. The van der Waals surface area contributed by atoms with Crippen LogP contribution in [0.2, 0.25) is 0 Å². The van der Waals surface area contributed by atoms with Gasteiger partial charge in [0.05, 0.1) is 0 Å². The van der Waals surface area contributed by atoms with Crippen molar-refractivity contribution < 1.29 is 4.79 Å². The lowest BCUT2D eigenvalue weighted by Crippen LogP contribution is -2.15. The van der Waals surface area contributed by atoms with E-state index in [0.717, 1.165) is 16.8 Å². The quantitative estimate of drug-likeness (QED) is 0.805. The normalized spacial score (nSPS) is 10.5. The number of hydrogen-bond donors (Lipinski definition) is 1. The number of carbonyl (C=O) groups is 1. The molecule has 15 heavy (non-hydrogen) atoms. The van der Waals surface area contributed by atoms with Gasteiger partial charge in [0, 0.05) is 12.1 Å². The zero-order valence-corrected chi connectivity index (χ0v) is 9.63. The molecule has 1 radical (unpaired) electrons. The number of rotatable bonds is 3. The molecule has 1 rings (SSSR count). The molecule has 0 saturated heterocycles. The van der Waals surface area contributed by atoms with Crippen LogP contribution < -0.4 is 5.32 Å². The highest BCUT2D eigenvalue weighted by Crippen LogP contribution is 2.19. The van der Waals surface area contributed by atoms with Crippen LogP contribution in [-0.4, -0.2) is 5.91 Å². The van der Waals surface area contributed by atoms with Crippen LogP contribution in [0.1, 0.15) is 24.5 Å². The van der Waals surface area contributed by atoms with E-state index in [1.807, 2.05) is 39.0 Å². The third-order valence-corrected chi connectivity index (χ3v) is 2.28. The molecule has 1 aromatic carbocycles. The molecule has 0 fully saturated rings. The number of aryl methyl sites for hydroxylation is 2. The summed E-state index contributed by atoms with van der Waals surface area (Å²) in [5.41, 5.74) is 3.13. The van der Waals surface area contributed by atoms with E-state index in [1.165, 1.54) is 0 Å². The molecule has 0 spiro atoms. The molecule has 0 bridgehead atoms. The minimum Gasteiger partial charge on any atom is -0.326 e. The molecular formula is C13H18NO. The molecule has 81 valence electrons. The summed E-state index contributed by atoms with van der Waals surface area (Å²) in [5.74, 6) is 0.184. The monoisotopic (exact) mass is 204 g/mol. The van der Waals surface area contributed by atoms with Gasteiger partial charge >= 0.3 is 0 Å². The zero-order valence-electron chi connectivity index (χ0n) is 9.63. The van der Waals surface area contributed by atoms with Gasteiger partial charge in [0.1, 0.15) is 0 Å². The first-order valence-corrected chi connectivity index (χ1v) is 5.20. The molecule has 0 saturated carbocycles. The maximum absolute atomic E-state index is 11.6. The summed E-state index contributed by atoms with van der Waals surface area (Å²) in [6.45, 7) is 9.73. The number of hydrogen-bond acceptors (Lipinski definition) is 1. The smallest absolute Gasteiger partial charge is 0.224 e. The van der Waals surface area contributed by atoms with E-state index < -0.39 is 0 Å². The predicted octanol–water partition coefficient (Wildman–Crippen LogP) is 3.10. The highest BCUT2D eigenvalue weighted by Gasteiger charge is 2.08. The van der Waals surface area contributed by atoms with Gasteiger partial charge < -0.3 is 5.32 Å². The molecule has 0 aliphatic carbocycles. The van der Waals surface area contributed by atoms with Gasteiger partial charge in [-0.15, -0.1) is 0 Å². The topological polar surface area (TPSA) is 29.1 Å². The number of amides is 1. The van der Waals surface area contributed by atoms with Gasteiger partial charge in [0.25, 0.3) is 0 Å². The number of carbonyl (C=O) groups excluding carboxylic acids is 1. The SMILES string of the molecule is [CH2][C@@H](C)CC(=O)Nc1c(C)cccc1C. The van der Waals surface area contributed by atoms with E-state index in [0.29, 0.717) is 6.42 Å². The second-order valence-electron chi connectivity index (χ2n) is 4.12. The lowest BCUT2D eigenvalue weighted by atomic mass is 10.1. The second-order valence-corrected chi connectivity index (χ2v) is 4.12. The summed E-state index contributed by atoms with van der Waals surface area (Å²) < 4.78 is 0. The van der Waals surface area contributed by atoms with Crippen molar-refractivity contribution in [2.45, 2.75) is 27.2 Å². The Morgan fingerprint density at radius 3 is 2.40 bits per heavy atom. The van der Waals surface area contributed by atoms with Crippen LogP contribution >= 0.6 is 0 Å². The number of para-hydroxylation sites is 1. The van der Waals surface area contributed by atoms with Crippen molar-refractivity contribution >= 4 is 11.6 Å². The van der Waals surface area contributed by atoms with Crippen LogP contribution in [0.25, 0.3) is 0 Å². The summed E-state index contributed by atoms with van der Waals surface area (Å²) >= 11 is 0. The molecular weight excluding hydrogens is 186 g/mol. The van der Waals surface area contributed by atoms with E-state index in [2.05, 4.69) is 12.2 Å². The van der Waals surface area contributed by atoms with Gasteiger partial charge in [0.15, 0.2) is 0 Å². The van der Waals surface area contributed by atoms with E-state index in [-0.39, 0.29) is 11.8 Å². The molecule has 1 aromatic rings. The Labute approximate surface area is 91.7 Å². The molecule has 2 nitrogen and oxygen atoms in total. The van der Waals surface area contributed by atoms with Crippen molar-refractivity contribution in [1.29, 1.82) is 0 Å². The number of benzene rings is 1. The molecule has 1 atom stereocenters. The van der Waals surface area contributed by atoms with Crippen molar-refractivity contribution in [3.63, 3.8) is 0 Å². The number of anilines is 1. The molecule has 1 amide bonds. The number of nitrogens with one attached hydrogen (secondary N) is 1. The van der Waals surface area contributed by atoms with Crippen molar-refractivity contribution in [3.8, 4) is 0 Å². The summed E-state index contributed by atoms with van der Waals surface area (Å²) in [5, 5.41) is 2.93. The largest absolute Gasteiger partial charge is 0.326 e. The summed E-state index contributed by atoms with van der Waals surface area (Å²) in [4.78, 5) is 11.6. The highest BCUT2D eigenvalue weighted by atomic mass is 16.1. The van der Waals surface area contributed by atoms with Gasteiger partial charge in [-0.25, -0.2) is 0 Å². The summed E-state index contributed by atoms with van der Waals surface area (Å²) in [6.07, 6.45) is 0.466. The van der Waals surface area contributed by atoms with E-state index in [1.54, 1.807) is 0 Å². The average molecular weight is 204 g/mol. The standard InChI is InChI=1S/C13H18NO/c1-9(2)8-12(15)14-13-10(3)6-5-7-11(13)4/h5-7,9H,1,8H2,2-4H3,(H,14,15)/t9-/m0/s1. The van der Waals surface area contributed by atoms with Crippen molar-refractivity contribution in [3.05, 3.63) is 36.2 Å². The summed E-state index contributed by atoms with van der Waals surface area (Å²) in [7, 11) is 0. The molecule has 2 heteroatoms. The van der Waals surface area contributed by atoms with Crippen molar-refractivity contribution in [2.24, 2.45) is 5.92 Å². The Hall–Kier alpha value is -1.31. The third kappa shape index (κ3) is 3.39. The highest BCUT2D eigenvalue weighted by molar-refractivity contribution is 5.92. The van der Waals surface area contributed by atoms with Gasteiger partial charge in [-0.1, -0.05) is 25.1 Å². The second kappa shape index (κ2) is 4.96. The van der Waals surface area contributed by atoms with Crippen LogP contribution in [0, 0.1) is 26.7 Å². The first kappa shape index (κ1) is 11.8. The Morgan fingerprint density at radius 1 is 1.40 bits per heavy atom. The van der Waals surface area contributed by atoms with E-state index in [4.69, 9.17) is 0 Å². The van der Waals surface area contributed by atoms with E-state index >= 15 is 0 Å². The van der Waals surface area contributed by atoms with Gasteiger partial charge in [-0.05, 0) is 37.8 Å². The fourth-order valence-corrected chi connectivity index (χ4v) is 1.52. The lowest BCUT2D eigenvalue weighted by molar-refractivity contribution is -0.116. The van der Waals surface area contributed by atoms with Crippen LogP contribution in [-0.2, 0) is 4.79 Å². The molecule has 0 aliphatic heterocycles. The Morgan fingerprint density at radius 2 is 1.93 bits per heavy atom. The van der Waals surface area contributed by atoms with Crippen LogP contribution in [0.15, 0.2) is 18.2 Å². The first-order chi connectivity index (χ1) is 7.00. The van der Waals surface area contributed by atoms with E-state index in [9.17, 15) is 4.79 Å². The summed E-state index contributed by atoms with van der Waals surface area (Å²) in [6, 6.07) is 5.98. The van der Waals surface area contributed by atoms with Crippen LogP contribution in [0.3, 0.4) is 0 Å². The molecule has 1 N–H and O–H groups in total. The third-order valence-electron chi connectivity index (χ3n) is 2.28. The van der Waals surface area contributed by atoms with Gasteiger partial charge in [-0.3, -0.25) is 4.79 Å². The lowest BCUT2D eigenvalue weighted by Gasteiger charge is -2.12. The molecule has 0 aromatic heterocycles. The van der Waals surface area contributed by atoms with Crippen molar-refractivity contribution in [2.75, 3.05) is 5.32 Å². The fraction of sp³-hybridized carbons (Fsp3) is 0.385. The maximum atomic E-state index is 11.6. The van der Waals surface area contributed by atoms with Gasteiger partial charge in [-0.2, -0.15) is 0 Å². The Kier molecular flexibility index (Phi) is 3.89. The first-order valence-electron chi connectivity index (χ1n) is 5.20. The maximum Gasteiger partial charge on any atom is 0.224 e. The molecule has 0 heterocycles. The zero-order chi connectivity index (χ0) is 11.4. The Balaban J connectivity index is 2.76. The average Bonchev–Trinajstić information content (AvgIpc) is 2.10. The molecule has 0 unspecified atom stereocenters. The fourth-order valence-electron chi connectivity index (χ4n) is 1.52.